The Morgan fingerprint density at radius 2 is 0.660 bits per heavy atom. The zero-order valence-corrected chi connectivity index (χ0v) is 25.6. The first-order valence-electron chi connectivity index (χ1n) is 15.1. The van der Waals surface area contributed by atoms with Crippen LogP contribution in [0.2, 0.25) is 0 Å². The van der Waals surface area contributed by atoms with E-state index in [0.717, 1.165) is 0 Å². The van der Waals surface area contributed by atoms with Gasteiger partial charge in [-0.05, 0) is 62.4 Å². The van der Waals surface area contributed by atoms with Gasteiger partial charge in [-0.3, -0.25) is 0 Å². The Balaban J connectivity index is 1.45. The summed E-state index contributed by atoms with van der Waals surface area (Å²) >= 11 is 0. The highest BCUT2D eigenvalue weighted by Crippen LogP contribution is 2.42. The molecule has 0 radical (unpaired) electrons. The highest BCUT2D eigenvalue weighted by atomic mass is 16.8. The van der Waals surface area contributed by atoms with Crippen molar-refractivity contribution in [3.63, 3.8) is 0 Å². The molecule has 0 aromatic heterocycles. The third-order valence-corrected chi connectivity index (χ3v) is 7.79. The van der Waals surface area contributed by atoms with Gasteiger partial charge in [-0.2, -0.15) is 0 Å². The van der Waals surface area contributed by atoms with Crippen LogP contribution in [0.15, 0.2) is 121 Å². The number of rotatable bonds is 8. The Kier molecular flexibility index (Phi) is 9.15. The number of esters is 4. The lowest BCUT2D eigenvalue weighted by Gasteiger charge is -2.44. The predicted octanol–water partition coefficient (Wildman–Crippen LogP) is 5.42. The maximum Gasteiger partial charge on any atom is 0.338 e. The third-order valence-electron chi connectivity index (χ3n) is 7.79. The lowest BCUT2D eigenvalue weighted by Crippen LogP contribution is -2.66. The molecule has 1 aliphatic carbocycles. The summed E-state index contributed by atoms with van der Waals surface area (Å²) in [6, 6.07) is 32.8. The van der Waals surface area contributed by atoms with E-state index in [2.05, 4.69) is 0 Å². The predicted molar refractivity (Wildman–Crippen MR) is 166 cm³/mol. The molecule has 0 N–H and O–H groups in total. The molecule has 0 unspecified atom stereocenters. The maximum atomic E-state index is 13.6. The smallest absolute Gasteiger partial charge is 0.338 e. The number of carbonyl (C=O) groups is 4. The molecule has 0 spiro atoms. The molecule has 6 atom stereocenters. The lowest BCUT2D eigenvalue weighted by atomic mass is 9.84. The van der Waals surface area contributed by atoms with Crippen molar-refractivity contribution < 1.29 is 47.6 Å². The number of hydrogen-bond acceptors (Lipinski definition) is 10. The summed E-state index contributed by atoms with van der Waals surface area (Å²) in [5, 5.41) is 0. The first-order chi connectivity index (χ1) is 22.7. The van der Waals surface area contributed by atoms with Crippen LogP contribution in [0, 0.1) is 0 Å². The van der Waals surface area contributed by atoms with Crippen molar-refractivity contribution in [2.45, 2.75) is 56.3 Å². The van der Waals surface area contributed by atoms with Crippen molar-refractivity contribution in [1.29, 1.82) is 0 Å². The molecule has 2 fully saturated rings. The van der Waals surface area contributed by atoms with Crippen LogP contribution in [0.5, 0.6) is 0 Å². The molecule has 240 valence electrons. The highest BCUT2D eigenvalue weighted by Gasteiger charge is 2.64. The van der Waals surface area contributed by atoms with Gasteiger partial charge >= 0.3 is 23.9 Å². The second kappa shape index (κ2) is 13.6. The summed E-state index contributed by atoms with van der Waals surface area (Å²) in [6.45, 7) is 3.29. The van der Waals surface area contributed by atoms with Crippen LogP contribution in [0.4, 0.5) is 0 Å². The van der Waals surface area contributed by atoms with E-state index in [1.165, 1.54) is 0 Å². The number of fused-ring (bicyclic) bond motifs is 1. The SMILES string of the molecule is CC1(C)O[C@@H]2[C@@H](OC(=O)c3ccccc3)[C@H](OC(=O)c3ccccc3)[C@@H](OC(=O)c3ccccc3)[C@H](OC(=O)c3ccccc3)[C@@H]2O1. The van der Waals surface area contributed by atoms with E-state index >= 15 is 0 Å². The average Bonchev–Trinajstić information content (AvgIpc) is 3.43. The molecule has 1 heterocycles. The first-order valence-corrected chi connectivity index (χ1v) is 15.1. The highest BCUT2D eigenvalue weighted by molar-refractivity contribution is 5.92. The van der Waals surface area contributed by atoms with Gasteiger partial charge in [0.1, 0.15) is 12.2 Å². The quantitative estimate of drug-likeness (QED) is 0.183. The largest absolute Gasteiger partial charge is 0.452 e. The van der Waals surface area contributed by atoms with Crippen LogP contribution in [0.3, 0.4) is 0 Å². The fourth-order valence-electron chi connectivity index (χ4n) is 5.67. The molecule has 10 nitrogen and oxygen atoms in total. The lowest BCUT2D eigenvalue weighted by molar-refractivity contribution is -0.195. The Hall–Kier alpha value is -5.32. The van der Waals surface area contributed by atoms with Crippen molar-refractivity contribution in [2.24, 2.45) is 0 Å². The van der Waals surface area contributed by atoms with Gasteiger partial charge in [0.15, 0.2) is 30.2 Å². The fourth-order valence-corrected chi connectivity index (χ4v) is 5.67. The van der Waals surface area contributed by atoms with Crippen molar-refractivity contribution in [3.8, 4) is 0 Å². The molecule has 0 amide bonds. The molecule has 6 rings (SSSR count). The standard InChI is InChI=1S/C37H32O10/c1-37(2)46-31-29(44-35(40)25-19-11-5-12-20-25)27(42-33(38)23-15-7-3-8-16-23)28(43-34(39)24-17-9-4-10-18-24)30(32(31)47-37)45-36(41)26-21-13-6-14-22-26/h3-22,27-32H,1-2H3/t27-,28-,29+,30+,31-,32+/m1/s1. The van der Waals surface area contributed by atoms with Crippen LogP contribution < -0.4 is 0 Å². The summed E-state index contributed by atoms with van der Waals surface area (Å²) in [7, 11) is 0. The van der Waals surface area contributed by atoms with Crippen LogP contribution in [-0.4, -0.2) is 66.3 Å². The molecule has 2 aliphatic rings. The van der Waals surface area contributed by atoms with E-state index in [-0.39, 0.29) is 22.3 Å². The maximum absolute atomic E-state index is 13.6. The second-order valence-electron chi connectivity index (χ2n) is 11.5. The molecule has 10 heteroatoms. The first kappa shape index (κ1) is 31.7. The van der Waals surface area contributed by atoms with E-state index in [1.807, 2.05) is 0 Å². The van der Waals surface area contributed by atoms with Crippen molar-refractivity contribution in [3.05, 3.63) is 144 Å². The van der Waals surface area contributed by atoms with Crippen LogP contribution in [0.25, 0.3) is 0 Å². The normalized spacial score (nSPS) is 24.3. The monoisotopic (exact) mass is 636 g/mol. The zero-order chi connectivity index (χ0) is 33.0. The zero-order valence-electron chi connectivity index (χ0n) is 25.6. The van der Waals surface area contributed by atoms with E-state index < -0.39 is 66.3 Å². The van der Waals surface area contributed by atoms with Crippen molar-refractivity contribution in [1.82, 2.24) is 0 Å². The van der Waals surface area contributed by atoms with Crippen LogP contribution in [0.1, 0.15) is 55.3 Å². The molecular weight excluding hydrogens is 604 g/mol. The minimum atomic E-state index is -1.50. The summed E-state index contributed by atoms with van der Waals surface area (Å²) in [4.78, 5) is 54.2. The molecule has 1 saturated carbocycles. The number of benzene rings is 4. The Labute approximate surface area is 271 Å². The molecular formula is C37H32O10. The molecule has 1 aliphatic heterocycles. The van der Waals surface area contributed by atoms with E-state index in [1.54, 1.807) is 135 Å². The minimum absolute atomic E-state index is 0.192. The molecule has 1 saturated heterocycles. The van der Waals surface area contributed by atoms with Gasteiger partial charge in [-0.25, -0.2) is 19.2 Å². The van der Waals surface area contributed by atoms with Gasteiger partial charge in [-0.1, -0.05) is 72.8 Å². The number of hydrogen-bond donors (Lipinski definition) is 0. The van der Waals surface area contributed by atoms with Gasteiger partial charge in [0.25, 0.3) is 0 Å². The van der Waals surface area contributed by atoms with Crippen LogP contribution in [-0.2, 0) is 28.4 Å². The topological polar surface area (TPSA) is 124 Å². The Morgan fingerprint density at radius 1 is 0.426 bits per heavy atom. The van der Waals surface area contributed by atoms with Gasteiger partial charge in [0.05, 0.1) is 22.3 Å². The summed E-state index contributed by atoms with van der Waals surface area (Å²) < 4.78 is 36.7. The van der Waals surface area contributed by atoms with E-state index in [0.29, 0.717) is 0 Å². The van der Waals surface area contributed by atoms with Gasteiger partial charge in [-0.15, -0.1) is 0 Å². The van der Waals surface area contributed by atoms with Crippen molar-refractivity contribution >= 4 is 23.9 Å². The fraction of sp³-hybridized carbons (Fsp3) is 0.243. The number of ether oxygens (including phenoxy) is 6. The molecule has 47 heavy (non-hydrogen) atoms. The summed E-state index contributed by atoms with van der Waals surface area (Å²) in [5.74, 6) is -4.31. The van der Waals surface area contributed by atoms with Gasteiger partial charge < -0.3 is 28.4 Å². The Bertz CT molecular complexity index is 1580. The van der Waals surface area contributed by atoms with Crippen molar-refractivity contribution in [2.75, 3.05) is 0 Å². The average molecular weight is 637 g/mol. The second-order valence-corrected chi connectivity index (χ2v) is 11.5. The van der Waals surface area contributed by atoms with Gasteiger partial charge in [0.2, 0.25) is 0 Å². The number of carbonyl (C=O) groups excluding carboxylic acids is 4. The third kappa shape index (κ3) is 7.09. The molecule has 4 aromatic rings. The minimum Gasteiger partial charge on any atom is -0.452 e. The summed E-state index contributed by atoms with van der Waals surface area (Å²) in [6.07, 6.45) is -7.94. The van der Waals surface area contributed by atoms with E-state index in [9.17, 15) is 19.2 Å². The Morgan fingerprint density at radius 3 is 0.915 bits per heavy atom. The van der Waals surface area contributed by atoms with Gasteiger partial charge in [0, 0.05) is 0 Å². The van der Waals surface area contributed by atoms with Crippen LogP contribution >= 0.6 is 0 Å². The molecule has 4 aromatic carbocycles. The van der Waals surface area contributed by atoms with E-state index in [4.69, 9.17) is 28.4 Å². The summed E-state index contributed by atoms with van der Waals surface area (Å²) in [5.41, 5.74) is 0.840. The molecule has 0 bridgehead atoms.